The second-order valence-corrected chi connectivity index (χ2v) is 5.40. The molecule has 1 aromatic carbocycles. The minimum Gasteiger partial charge on any atom is -0.496 e. The third kappa shape index (κ3) is 6.08. The number of nitrogens with two attached hydrogens (primary N) is 1. The average Bonchev–Trinajstić information content (AvgIpc) is 3.53. The molecule has 8 heteroatoms. The van der Waals surface area contributed by atoms with Crippen LogP contribution in [0.1, 0.15) is 29.9 Å². The van der Waals surface area contributed by atoms with Gasteiger partial charge in [0.25, 0.3) is 0 Å². The fourth-order valence-electron chi connectivity index (χ4n) is 2.40. The molecule has 146 valence electrons. The van der Waals surface area contributed by atoms with Gasteiger partial charge >= 0.3 is 6.18 Å². The molecule has 2 aromatic rings. The van der Waals surface area contributed by atoms with E-state index in [1.807, 2.05) is 17.6 Å². The molecule has 0 atom stereocenters. The first-order valence-corrected chi connectivity index (χ1v) is 7.95. The van der Waals surface area contributed by atoms with Crippen LogP contribution >= 0.6 is 0 Å². The average molecular weight is 381 g/mol. The van der Waals surface area contributed by atoms with Crippen molar-refractivity contribution < 1.29 is 22.6 Å². The van der Waals surface area contributed by atoms with Crippen molar-refractivity contribution in [2.75, 3.05) is 19.6 Å². The molecule has 3 N–H and O–H groups in total. The van der Waals surface area contributed by atoms with E-state index in [-0.39, 0.29) is 5.75 Å². The molecule has 27 heavy (non-hydrogen) atoms. The summed E-state index contributed by atoms with van der Waals surface area (Å²) in [5.41, 5.74) is 2.24. The van der Waals surface area contributed by atoms with Crippen LogP contribution in [-0.4, -0.2) is 19.2 Å². The van der Waals surface area contributed by atoms with Crippen molar-refractivity contribution in [3.05, 3.63) is 47.7 Å². The number of nitrogens with zero attached hydrogens (tertiary/aromatic N) is 1. The lowest BCUT2D eigenvalue weighted by Crippen LogP contribution is -2.17. The number of terminal acetylenes is 1. The van der Waals surface area contributed by atoms with Gasteiger partial charge < -0.3 is 14.9 Å². The summed E-state index contributed by atoms with van der Waals surface area (Å²) in [5.74, 6) is 5.96. The van der Waals surface area contributed by atoms with Crippen LogP contribution in [0.25, 0.3) is 0 Å². The zero-order valence-corrected chi connectivity index (χ0v) is 15.1. The summed E-state index contributed by atoms with van der Waals surface area (Å²) < 4.78 is 47.2. The van der Waals surface area contributed by atoms with Crippen LogP contribution in [-0.2, 0) is 6.18 Å². The van der Waals surface area contributed by atoms with E-state index in [1.54, 1.807) is 7.11 Å². The van der Waals surface area contributed by atoms with Gasteiger partial charge in [-0.1, -0.05) is 18.2 Å². The Morgan fingerprint density at radius 3 is 2.15 bits per heavy atom. The van der Waals surface area contributed by atoms with Crippen molar-refractivity contribution in [3.8, 4) is 24.3 Å². The Bertz CT molecular complexity index is 722. The van der Waals surface area contributed by atoms with E-state index in [9.17, 15) is 13.2 Å². The SMILES string of the molecule is C#C.COc1ccccc1C1CC1.COc1ccnc(NN)c1C(F)(F)F. The van der Waals surface area contributed by atoms with Gasteiger partial charge in [0.15, 0.2) is 5.82 Å². The molecule has 1 aromatic heterocycles. The number of benzene rings is 1. The van der Waals surface area contributed by atoms with Crippen LogP contribution in [0, 0.1) is 12.8 Å². The van der Waals surface area contributed by atoms with Crippen molar-refractivity contribution in [2.24, 2.45) is 5.84 Å². The fraction of sp³-hybridized carbons (Fsp3) is 0.316. The molecule has 5 nitrogen and oxygen atoms in total. The quantitative estimate of drug-likeness (QED) is 0.472. The largest absolute Gasteiger partial charge is 0.496 e. The number of alkyl halides is 3. The van der Waals surface area contributed by atoms with Gasteiger partial charge in [-0.2, -0.15) is 13.2 Å². The number of nitrogen functional groups attached to an aromatic ring is 1. The first-order valence-electron chi connectivity index (χ1n) is 7.95. The highest BCUT2D eigenvalue weighted by Gasteiger charge is 2.38. The van der Waals surface area contributed by atoms with Gasteiger partial charge in [0, 0.05) is 6.20 Å². The van der Waals surface area contributed by atoms with Crippen molar-refractivity contribution in [1.82, 2.24) is 4.98 Å². The second kappa shape index (κ2) is 10.3. The zero-order chi connectivity index (χ0) is 20.4. The highest BCUT2D eigenvalue weighted by molar-refractivity contribution is 5.52. The molecular weight excluding hydrogens is 359 g/mol. The number of rotatable bonds is 4. The topological polar surface area (TPSA) is 69.4 Å². The molecule has 0 radical (unpaired) electrons. The molecule has 0 aliphatic heterocycles. The third-order valence-corrected chi connectivity index (χ3v) is 3.71. The van der Waals surface area contributed by atoms with E-state index in [0.29, 0.717) is 0 Å². The zero-order valence-electron chi connectivity index (χ0n) is 15.1. The van der Waals surface area contributed by atoms with Gasteiger partial charge in [-0.05, 0) is 36.5 Å². The lowest BCUT2D eigenvalue weighted by Gasteiger charge is -2.14. The van der Waals surface area contributed by atoms with Gasteiger partial charge in [0.2, 0.25) is 0 Å². The Labute approximate surface area is 156 Å². The summed E-state index contributed by atoms with van der Waals surface area (Å²) in [6, 6.07) is 9.41. The predicted molar refractivity (Wildman–Crippen MR) is 98.5 cm³/mol. The number of aromatic nitrogens is 1. The molecule has 1 aliphatic rings. The molecule has 0 bridgehead atoms. The highest BCUT2D eigenvalue weighted by atomic mass is 19.4. The number of pyridine rings is 1. The summed E-state index contributed by atoms with van der Waals surface area (Å²) in [6.07, 6.45) is 7.28. The Morgan fingerprint density at radius 2 is 1.67 bits per heavy atom. The van der Waals surface area contributed by atoms with E-state index >= 15 is 0 Å². The summed E-state index contributed by atoms with van der Waals surface area (Å²) in [5, 5.41) is 0. The van der Waals surface area contributed by atoms with Gasteiger partial charge in [0.1, 0.15) is 17.1 Å². The molecule has 0 unspecified atom stereocenters. The minimum absolute atomic E-state index is 0.319. The van der Waals surface area contributed by atoms with Crippen LogP contribution in [0.5, 0.6) is 11.5 Å². The summed E-state index contributed by atoms with van der Waals surface area (Å²) in [4.78, 5) is 3.44. The number of anilines is 1. The maximum absolute atomic E-state index is 12.5. The van der Waals surface area contributed by atoms with E-state index in [2.05, 4.69) is 34.7 Å². The number of halogens is 3. The molecular formula is C19H22F3N3O2. The summed E-state index contributed by atoms with van der Waals surface area (Å²) in [6.45, 7) is 0. The van der Waals surface area contributed by atoms with E-state index in [4.69, 9.17) is 10.6 Å². The van der Waals surface area contributed by atoms with Crippen molar-refractivity contribution >= 4 is 5.82 Å². The number of para-hydroxylation sites is 1. The standard InChI is InChI=1S/C10H12O.C7H8F3N3O.C2H2/c1-11-10-5-3-2-4-9(10)8-6-7-8;1-14-4-2-3-12-6(13-11)5(4)7(8,9)10;1-2/h2-5,8H,6-7H2,1H3;2-3H,11H2,1H3,(H,12,13);1-2H. The van der Waals surface area contributed by atoms with Crippen LogP contribution in [0.3, 0.4) is 0 Å². The Balaban J connectivity index is 0.000000252. The molecule has 1 aliphatic carbocycles. The third-order valence-electron chi connectivity index (χ3n) is 3.71. The Hall–Kier alpha value is -2.92. The van der Waals surface area contributed by atoms with E-state index < -0.39 is 17.6 Å². The number of hydrogen-bond donors (Lipinski definition) is 2. The van der Waals surface area contributed by atoms with Crippen LogP contribution in [0.2, 0.25) is 0 Å². The maximum atomic E-state index is 12.5. The Morgan fingerprint density at radius 1 is 1.07 bits per heavy atom. The monoisotopic (exact) mass is 381 g/mol. The number of hydrogen-bond acceptors (Lipinski definition) is 5. The van der Waals surface area contributed by atoms with E-state index in [0.717, 1.165) is 24.8 Å². The van der Waals surface area contributed by atoms with Crippen molar-refractivity contribution in [3.63, 3.8) is 0 Å². The second-order valence-electron chi connectivity index (χ2n) is 5.40. The number of hydrazine groups is 1. The number of ether oxygens (including phenoxy) is 2. The molecule has 0 spiro atoms. The van der Waals surface area contributed by atoms with Gasteiger partial charge in [-0.15, -0.1) is 12.8 Å². The normalized spacial score (nSPS) is 12.6. The van der Waals surface area contributed by atoms with Crippen LogP contribution in [0.4, 0.5) is 19.0 Å². The van der Waals surface area contributed by atoms with E-state index in [1.165, 1.54) is 24.6 Å². The smallest absolute Gasteiger partial charge is 0.423 e. The van der Waals surface area contributed by atoms with Gasteiger partial charge in [-0.3, -0.25) is 0 Å². The van der Waals surface area contributed by atoms with Crippen LogP contribution in [0.15, 0.2) is 36.5 Å². The van der Waals surface area contributed by atoms with Gasteiger partial charge in [-0.25, -0.2) is 10.8 Å². The molecule has 1 heterocycles. The summed E-state index contributed by atoms with van der Waals surface area (Å²) >= 11 is 0. The lowest BCUT2D eigenvalue weighted by atomic mass is 10.1. The van der Waals surface area contributed by atoms with Gasteiger partial charge in [0.05, 0.1) is 14.2 Å². The van der Waals surface area contributed by atoms with Crippen LogP contribution < -0.4 is 20.7 Å². The molecule has 1 saturated carbocycles. The van der Waals surface area contributed by atoms with Crippen molar-refractivity contribution in [1.29, 1.82) is 0 Å². The fourth-order valence-corrected chi connectivity index (χ4v) is 2.40. The highest BCUT2D eigenvalue weighted by Crippen LogP contribution is 2.44. The Kier molecular flexibility index (Phi) is 8.42. The first-order chi connectivity index (χ1) is 12.9. The van der Waals surface area contributed by atoms with Crippen molar-refractivity contribution in [2.45, 2.75) is 24.9 Å². The number of nitrogens with one attached hydrogen (secondary N) is 1. The molecule has 3 rings (SSSR count). The summed E-state index contributed by atoms with van der Waals surface area (Å²) in [7, 11) is 2.88. The lowest BCUT2D eigenvalue weighted by molar-refractivity contribution is -0.138. The number of methoxy groups -OCH3 is 2. The minimum atomic E-state index is -4.55. The predicted octanol–water partition coefficient (Wildman–Crippen LogP) is 4.22. The molecule has 1 fully saturated rings. The molecule has 0 amide bonds. The maximum Gasteiger partial charge on any atom is 0.423 e. The first kappa shape index (κ1) is 22.1. The molecule has 0 saturated heterocycles.